The Morgan fingerprint density at radius 1 is 1.42 bits per heavy atom. The van der Waals surface area contributed by atoms with Gasteiger partial charge in [0, 0.05) is 7.05 Å². The molecular formula is C16H22N2O. The number of amides is 1. The van der Waals surface area contributed by atoms with Crippen molar-refractivity contribution in [2.45, 2.75) is 44.2 Å². The van der Waals surface area contributed by atoms with Crippen LogP contribution in [0.3, 0.4) is 0 Å². The maximum atomic E-state index is 12.7. The third-order valence-electron chi connectivity index (χ3n) is 4.73. The zero-order valence-electron chi connectivity index (χ0n) is 11.8. The van der Waals surface area contributed by atoms with Crippen LogP contribution in [0.5, 0.6) is 0 Å². The van der Waals surface area contributed by atoms with Crippen molar-refractivity contribution in [3.8, 4) is 0 Å². The number of hydrogen-bond acceptors (Lipinski definition) is 2. The molecule has 2 aliphatic rings. The monoisotopic (exact) mass is 258 g/mol. The van der Waals surface area contributed by atoms with Crippen molar-refractivity contribution < 1.29 is 4.79 Å². The predicted molar refractivity (Wildman–Crippen MR) is 75.9 cm³/mol. The molecule has 1 N–H and O–H groups in total. The molecule has 1 amide bonds. The van der Waals surface area contributed by atoms with Gasteiger partial charge in [-0.25, -0.2) is 0 Å². The van der Waals surface area contributed by atoms with Gasteiger partial charge in [-0.2, -0.15) is 0 Å². The predicted octanol–water partition coefficient (Wildman–Crippen LogP) is 2.27. The maximum Gasteiger partial charge on any atom is 0.242 e. The zero-order chi connectivity index (χ0) is 13.5. The summed E-state index contributed by atoms with van der Waals surface area (Å²) >= 11 is 0. The van der Waals surface area contributed by atoms with Gasteiger partial charge in [-0.1, -0.05) is 24.3 Å². The number of likely N-dealkylation sites (N-methyl/N-ethyl adjacent to an activating group) is 1. The van der Waals surface area contributed by atoms with Crippen LogP contribution < -0.4 is 5.32 Å². The maximum absolute atomic E-state index is 12.7. The van der Waals surface area contributed by atoms with Crippen molar-refractivity contribution in [2.75, 3.05) is 13.6 Å². The number of nitrogens with zero attached hydrogens (tertiary/aromatic N) is 1. The molecule has 0 aromatic heterocycles. The minimum Gasteiger partial charge on any atom is -0.337 e. The lowest BCUT2D eigenvalue weighted by Gasteiger charge is -2.33. The van der Waals surface area contributed by atoms with Crippen molar-refractivity contribution in [3.63, 3.8) is 0 Å². The fourth-order valence-electron chi connectivity index (χ4n) is 3.54. The highest BCUT2D eigenvalue weighted by molar-refractivity contribution is 5.86. The quantitative estimate of drug-likeness (QED) is 0.882. The molecule has 1 fully saturated rings. The lowest BCUT2D eigenvalue weighted by atomic mass is 9.97. The van der Waals surface area contributed by atoms with E-state index in [0.717, 1.165) is 32.2 Å². The summed E-state index contributed by atoms with van der Waals surface area (Å²) in [5.74, 6) is 0.242. The molecule has 3 heteroatoms. The number of hydrogen-bond donors (Lipinski definition) is 1. The third-order valence-corrected chi connectivity index (χ3v) is 4.73. The van der Waals surface area contributed by atoms with Crippen LogP contribution in [0, 0.1) is 0 Å². The summed E-state index contributed by atoms with van der Waals surface area (Å²) in [6, 6.07) is 8.76. The van der Waals surface area contributed by atoms with Crippen molar-refractivity contribution in [2.24, 2.45) is 0 Å². The number of fused-ring (bicyclic) bond motifs is 1. The molecule has 2 atom stereocenters. The molecule has 0 saturated carbocycles. The minimum atomic E-state index is -0.355. The Balaban J connectivity index is 1.82. The normalized spacial score (nSPS) is 29.3. The fraction of sp³-hybridized carbons (Fsp3) is 0.562. The average molecular weight is 258 g/mol. The first-order chi connectivity index (χ1) is 9.12. The number of carbonyl (C=O) groups excluding carboxylic acids is 1. The second-order valence-electron chi connectivity index (χ2n) is 6.03. The Bertz CT molecular complexity index is 491. The topological polar surface area (TPSA) is 32.3 Å². The Morgan fingerprint density at radius 3 is 2.95 bits per heavy atom. The van der Waals surface area contributed by atoms with Crippen LogP contribution in [0.25, 0.3) is 0 Å². The molecule has 1 heterocycles. The molecule has 102 valence electrons. The average Bonchev–Trinajstić information content (AvgIpc) is 3.04. The molecule has 2 unspecified atom stereocenters. The SMILES string of the molecule is CN(C(=O)C1(C)CCCN1)C1CCc2ccccc21. The number of carbonyl (C=O) groups is 1. The fourth-order valence-corrected chi connectivity index (χ4v) is 3.54. The molecular weight excluding hydrogens is 236 g/mol. The molecule has 1 saturated heterocycles. The van der Waals surface area contributed by atoms with Gasteiger partial charge in [0.2, 0.25) is 5.91 Å². The van der Waals surface area contributed by atoms with E-state index in [1.54, 1.807) is 0 Å². The third kappa shape index (κ3) is 2.06. The second kappa shape index (κ2) is 4.64. The van der Waals surface area contributed by atoms with E-state index in [0.29, 0.717) is 0 Å². The highest BCUT2D eigenvalue weighted by Crippen LogP contribution is 2.36. The van der Waals surface area contributed by atoms with Gasteiger partial charge in [0.1, 0.15) is 0 Å². The van der Waals surface area contributed by atoms with Crippen LogP contribution in [-0.2, 0) is 11.2 Å². The van der Waals surface area contributed by atoms with Crippen LogP contribution >= 0.6 is 0 Å². The largest absolute Gasteiger partial charge is 0.337 e. The zero-order valence-corrected chi connectivity index (χ0v) is 11.8. The van der Waals surface area contributed by atoms with Crippen molar-refractivity contribution in [3.05, 3.63) is 35.4 Å². The molecule has 3 nitrogen and oxygen atoms in total. The molecule has 0 spiro atoms. The second-order valence-corrected chi connectivity index (χ2v) is 6.03. The van der Waals surface area contributed by atoms with E-state index >= 15 is 0 Å². The molecule has 1 aliphatic carbocycles. The first-order valence-electron chi connectivity index (χ1n) is 7.22. The van der Waals surface area contributed by atoms with E-state index in [4.69, 9.17) is 0 Å². The van der Waals surface area contributed by atoms with Crippen molar-refractivity contribution in [1.82, 2.24) is 10.2 Å². The highest BCUT2D eigenvalue weighted by atomic mass is 16.2. The van der Waals surface area contributed by atoms with Crippen LogP contribution in [-0.4, -0.2) is 29.9 Å². The smallest absolute Gasteiger partial charge is 0.242 e. The molecule has 0 radical (unpaired) electrons. The van der Waals surface area contributed by atoms with E-state index < -0.39 is 0 Å². The van der Waals surface area contributed by atoms with Gasteiger partial charge in [0.25, 0.3) is 0 Å². The summed E-state index contributed by atoms with van der Waals surface area (Å²) in [5.41, 5.74) is 2.38. The summed E-state index contributed by atoms with van der Waals surface area (Å²) in [5, 5.41) is 3.37. The first kappa shape index (κ1) is 12.7. The van der Waals surface area contributed by atoms with Gasteiger partial charge >= 0.3 is 0 Å². The minimum absolute atomic E-state index is 0.242. The number of rotatable bonds is 2. The van der Waals surface area contributed by atoms with Gasteiger partial charge in [-0.3, -0.25) is 4.79 Å². The number of benzene rings is 1. The highest BCUT2D eigenvalue weighted by Gasteiger charge is 2.40. The van der Waals surface area contributed by atoms with E-state index in [1.807, 2.05) is 18.9 Å². The number of nitrogens with one attached hydrogen (secondary N) is 1. The Hall–Kier alpha value is -1.35. The summed E-state index contributed by atoms with van der Waals surface area (Å²) in [7, 11) is 1.96. The van der Waals surface area contributed by atoms with Gasteiger partial charge in [-0.05, 0) is 50.3 Å². The van der Waals surface area contributed by atoms with E-state index in [1.165, 1.54) is 11.1 Å². The van der Waals surface area contributed by atoms with E-state index in [2.05, 4.69) is 29.6 Å². The lowest BCUT2D eigenvalue weighted by molar-refractivity contribution is -0.138. The van der Waals surface area contributed by atoms with Gasteiger partial charge < -0.3 is 10.2 Å². The molecule has 1 aromatic rings. The molecule has 1 aromatic carbocycles. The van der Waals surface area contributed by atoms with Crippen molar-refractivity contribution in [1.29, 1.82) is 0 Å². The summed E-state index contributed by atoms with van der Waals surface area (Å²) in [4.78, 5) is 14.7. The molecule has 19 heavy (non-hydrogen) atoms. The summed E-state index contributed by atoms with van der Waals surface area (Å²) < 4.78 is 0. The summed E-state index contributed by atoms with van der Waals surface area (Å²) in [6.45, 7) is 3.00. The Labute approximate surface area is 115 Å². The Kier molecular flexibility index (Phi) is 3.09. The van der Waals surface area contributed by atoms with Gasteiger partial charge in [0.05, 0.1) is 11.6 Å². The molecule has 3 rings (SSSR count). The van der Waals surface area contributed by atoms with Crippen LogP contribution in [0.15, 0.2) is 24.3 Å². The first-order valence-corrected chi connectivity index (χ1v) is 7.22. The standard InChI is InChI=1S/C16H22N2O/c1-16(10-5-11-17-16)15(19)18(2)14-9-8-12-6-3-4-7-13(12)14/h3-4,6-7,14,17H,5,8-11H2,1-2H3. The van der Waals surface area contributed by atoms with Gasteiger partial charge in [-0.15, -0.1) is 0 Å². The van der Waals surface area contributed by atoms with E-state index in [-0.39, 0.29) is 17.5 Å². The van der Waals surface area contributed by atoms with Crippen LogP contribution in [0.4, 0.5) is 0 Å². The van der Waals surface area contributed by atoms with Gasteiger partial charge in [0.15, 0.2) is 0 Å². The number of aryl methyl sites for hydroxylation is 1. The van der Waals surface area contributed by atoms with Crippen LogP contribution in [0.2, 0.25) is 0 Å². The van der Waals surface area contributed by atoms with Crippen LogP contribution in [0.1, 0.15) is 43.4 Å². The molecule has 0 bridgehead atoms. The molecule has 1 aliphatic heterocycles. The Morgan fingerprint density at radius 2 is 2.21 bits per heavy atom. The van der Waals surface area contributed by atoms with Crippen molar-refractivity contribution >= 4 is 5.91 Å². The van der Waals surface area contributed by atoms with E-state index in [9.17, 15) is 4.79 Å². The lowest BCUT2D eigenvalue weighted by Crippen LogP contribution is -2.52. The summed E-state index contributed by atoms with van der Waals surface area (Å²) in [6.07, 6.45) is 4.18.